The Labute approximate surface area is 138 Å². The number of aromatic nitrogens is 1. The van der Waals surface area contributed by atoms with Crippen LogP contribution in [0.25, 0.3) is 6.08 Å². The van der Waals surface area contributed by atoms with Crippen molar-refractivity contribution in [2.24, 2.45) is 0 Å². The number of hydrogen-bond acceptors (Lipinski definition) is 3. The van der Waals surface area contributed by atoms with Crippen molar-refractivity contribution in [2.75, 3.05) is 18.1 Å². The first-order chi connectivity index (χ1) is 11.4. The summed E-state index contributed by atoms with van der Waals surface area (Å²) in [5.41, 5.74) is 3.03. The van der Waals surface area contributed by atoms with E-state index in [4.69, 9.17) is 4.74 Å². The molecule has 126 valence electrons. The SMILES string of the molecule is C[C@H](c1ccc(OCC(F)(F)F)cn1)N1CC=Cc2ccccc21. The summed E-state index contributed by atoms with van der Waals surface area (Å²) in [4.78, 5) is 6.47. The van der Waals surface area contributed by atoms with Crippen LogP contribution in [0, 0.1) is 0 Å². The van der Waals surface area contributed by atoms with Gasteiger partial charge in [0, 0.05) is 12.2 Å². The topological polar surface area (TPSA) is 25.4 Å². The fourth-order valence-electron chi connectivity index (χ4n) is 2.70. The lowest BCUT2D eigenvalue weighted by atomic mass is 10.0. The van der Waals surface area contributed by atoms with E-state index in [1.807, 2.05) is 25.1 Å². The molecule has 0 fully saturated rings. The Bertz CT molecular complexity index is 726. The van der Waals surface area contributed by atoms with E-state index in [0.717, 1.165) is 23.5 Å². The van der Waals surface area contributed by atoms with Gasteiger partial charge in [-0.1, -0.05) is 30.4 Å². The van der Waals surface area contributed by atoms with Gasteiger partial charge in [-0.3, -0.25) is 4.98 Å². The van der Waals surface area contributed by atoms with Gasteiger partial charge in [0.1, 0.15) is 5.75 Å². The Balaban J connectivity index is 1.74. The summed E-state index contributed by atoms with van der Waals surface area (Å²) in [7, 11) is 0. The van der Waals surface area contributed by atoms with Gasteiger partial charge in [-0.05, 0) is 30.7 Å². The van der Waals surface area contributed by atoms with Gasteiger partial charge in [0.2, 0.25) is 0 Å². The molecular formula is C18H17F3N2O. The Hall–Kier alpha value is -2.50. The fraction of sp³-hybridized carbons (Fsp3) is 0.278. The number of rotatable bonds is 4. The van der Waals surface area contributed by atoms with Gasteiger partial charge in [-0.15, -0.1) is 0 Å². The lowest BCUT2D eigenvalue weighted by Gasteiger charge is -2.33. The van der Waals surface area contributed by atoms with E-state index in [1.54, 1.807) is 6.07 Å². The molecule has 1 aromatic carbocycles. The first-order valence-corrected chi connectivity index (χ1v) is 7.62. The molecule has 24 heavy (non-hydrogen) atoms. The van der Waals surface area contributed by atoms with E-state index in [9.17, 15) is 13.2 Å². The van der Waals surface area contributed by atoms with Crippen LogP contribution in [0.4, 0.5) is 18.9 Å². The number of benzene rings is 1. The molecule has 1 aromatic heterocycles. The molecule has 2 aromatic rings. The minimum absolute atomic E-state index is 0.00670. The van der Waals surface area contributed by atoms with E-state index >= 15 is 0 Å². The lowest BCUT2D eigenvalue weighted by molar-refractivity contribution is -0.153. The van der Waals surface area contributed by atoms with E-state index in [1.165, 1.54) is 12.3 Å². The highest BCUT2D eigenvalue weighted by atomic mass is 19.4. The summed E-state index contributed by atoms with van der Waals surface area (Å²) < 4.78 is 41.2. The zero-order chi connectivity index (χ0) is 17.2. The number of fused-ring (bicyclic) bond motifs is 1. The van der Waals surface area contributed by atoms with Gasteiger partial charge in [0.15, 0.2) is 6.61 Å². The van der Waals surface area contributed by atoms with Crippen LogP contribution in [-0.4, -0.2) is 24.3 Å². The number of nitrogens with zero attached hydrogens (tertiary/aromatic N) is 2. The number of alkyl halides is 3. The quantitative estimate of drug-likeness (QED) is 0.816. The number of anilines is 1. The smallest absolute Gasteiger partial charge is 0.422 e. The first-order valence-electron chi connectivity index (χ1n) is 7.62. The molecule has 0 saturated carbocycles. The van der Waals surface area contributed by atoms with Gasteiger partial charge in [-0.2, -0.15) is 13.2 Å². The summed E-state index contributed by atoms with van der Waals surface area (Å²) in [5.74, 6) is 0.113. The fourth-order valence-corrected chi connectivity index (χ4v) is 2.70. The third-order valence-corrected chi connectivity index (χ3v) is 3.90. The Morgan fingerprint density at radius 1 is 1.21 bits per heavy atom. The zero-order valence-electron chi connectivity index (χ0n) is 13.1. The number of para-hydroxylation sites is 1. The summed E-state index contributed by atoms with van der Waals surface area (Å²) in [6, 6.07) is 11.3. The highest BCUT2D eigenvalue weighted by molar-refractivity contribution is 5.71. The van der Waals surface area contributed by atoms with Crippen molar-refractivity contribution in [3.05, 3.63) is 59.9 Å². The molecule has 1 atom stereocenters. The lowest BCUT2D eigenvalue weighted by Crippen LogP contribution is -2.29. The molecule has 1 aliphatic heterocycles. The molecule has 0 spiro atoms. The summed E-state index contributed by atoms with van der Waals surface area (Å²) in [6.07, 6.45) is 1.15. The van der Waals surface area contributed by atoms with Crippen molar-refractivity contribution >= 4 is 11.8 Å². The predicted octanol–water partition coefficient (Wildman–Crippen LogP) is 4.62. The molecule has 1 aliphatic rings. The molecule has 6 heteroatoms. The maximum atomic E-state index is 12.2. The van der Waals surface area contributed by atoms with Crippen molar-refractivity contribution in [2.45, 2.75) is 19.1 Å². The van der Waals surface area contributed by atoms with E-state index in [2.05, 4.69) is 28.1 Å². The van der Waals surface area contributed by atoms with Gasteiger partial charge < -0.3 is 9.64 Å². The monoisotopic (exact) mass is 334 g/mol. The molecule has 0 radical (unpaired) electrons. The van der Waals surface area contributed by atoms with Gasteiger partial charge in [0.25, 0.3) is 0 Å². The molecule has 0 saturated heterocycles. The van der Waals surface area contributed by atoms with Gasteiger partial charge in [-0.25, -0.2) is 0 Å². The largest absolute Gasteiger partial charge is 0.483 e. The molecule has 2 heterocycles. The van der Waals surface area contributed by atoms with Crippen LogP contribution in [0.5, 0.6) is 5.75 Å². The molecule has 0 N–H and O–H groups in total. The van der Waals surface area contributed by atoms with Crippen LogP contribution in [-0.2, 0) is 0 Å². The number of hydrogen-bond donors (Lipinski definition) is 0. The molecule has 0 bridgehead atoms. The molecule has 0 aliphatic carbocycles. The van der Waals surface area contributed by atoms with Crippen LogP contribution in [0.3, 0.4) is 0 Å². The zero-order valence-corrected chi connectivity index (χ0v) is 13.1. The standard InChI is InChI=1S/C18H17F3N2O/c1-13(23-10-4-6-14-5-2-3-7-17(14)23)16-9-8-15(11-22-16)24-12-18(19,20)21/h2-9,11,13H,10,12H2,1H3/t13-/m1/s1. The van der Waals surface area contributed by atoms with Gasteiger partial charge >= 0.3 is 6.18 Å². The predicted molar refractivity (Wildman–Crippen MR) is 87.0 cm³/mol. The van der Waals surface area contributed by atoms with Crippen molar-refractivity contribution in [3.8, 4) is 5.75 Å². The Kier molecular flexibility index (Phi) is 4.46. The van der Waals surface area contributed by atoms with Crippen molar-refractivity contribution < 1.29 is 17.9 Å². The normalized spacial score (nSPS) is 15.1. The summed E-state index contributed by atoms with van der Waals surface area (Å²) in [5, 5.41) is 0. The van der Waals surface area contributed by atoms with Gasteiger partial charge in [0.05, 0.1) is 17.9 Å². The van der Waals surface area contributed by atoms with Crippen LogP contribution in [0.15, 0.2) is 48.7 Å². The maximum absolute atomic E-state index is 12.2. The number of pyridine rings is 1. The van der Waals surface area contributed by atoms with Crippen molar-refractivity contribution in [3.63, 3.8) is 0 Å². The second-order valence-electron chi connectivity index (χ2n) is 5.61. The highest BCUT2D eigenvalue weighted by Gasteiger charge is 2.28. The second-order valence-corrected chi connectivity index (χ2v) is 5.61. The average molecular weight is 334 g/mol. The van der Waals surface area contributed by atoms with Crippen molar-refractivity contribution in [1.29, 1.82) is 0 Å². The molecule has 3 nitrogen and oxygen atoms in total. The van der Waals surface area contributed by atoms with Crippen LogP contribution in [0.2, 0.25) is 0 Å². The summed E-state index contributed by atoms with van der Waals surface area (Å²) in [6.45, 7) is 1.47. The molecule has 3 rings (SSSR count). The second kappa shape index (κ2) is 6.55. The third kappa shape index (κ3) is 3.69. The van der Waals surface area contributed by atoms with Crippen LogP contribution >= 0.6 is 0 Å². The molecular weight excluding hydrogens is 317 g/mol. The van der Waals surface area contributed by atoms with Crippen LogP contribution in [0.1, 0.15) is 24.2 Å². The third-order valence-electron chi connectivity index (χ3n) is 3.90. The van der Waals surface area contributed by atoms with E-state index < -0.39 is 12.8 Å². The van der Waals surface area contributed by atoms with E-state index in [-0.39, 0.29) is 11.8 Å². The maximum Gasteiger partial charge on any atom is 0.422 e. The average Bonchev–Trinajstić information content (AvgIpc) is 2.59. The Morgan fingerprint density at radius 3 is 2.71 bits per heavy atom. The summed E-state index contributed by atoms with van der Waals surface area (Å²) >= 11 is 0. The Morgan fingerprint density at radius 2 is 2.00 bits per heavy atom. The van der Waals surface area contributed by atoms with Crippen molar-refractivity contribution in [1.82, 2.24) is 4.98 Å². The number of halogens is 3. The van der Waals surface area contributed by atoms with Crippen LogP contribution < -0.4 is 9.64 Å². The number of ether oxygens (including phenoxy) is 1. The minimum Gasteiger partial charge on any atom is -0.483 e. The molecule has 0 amide bonds. The van der Waals surface area contributed by atoms with E-state index in [0.29, 0.717) is 0 Å². The highest BCUT2D eigenvalue weighted by Crippen LogP contribution is 2.32. The first kappa shape index (κ1) is 16.4. The molecule has 0 unspecified atom stereocenters. The minimum atomic E-state index is -4.35.